The molecule has 0 spiro atoms. The second kappa shape index (κ2) is 6.96. The van der Waals surface area contributed by atoms with Gasteiger partial charge in [0.15, 0.2) is 5.82 Å². The number of hydrogen-bond donors (Lipinski definition) is 0. The summed E-state index contributed by atoms with van der Waals surface area (Å²) in [5.74, 6) is 1.87. The predicted octanol–water partition coefficient (Wildman–Crippen LogP) is 2.57. The summed E-state index contributed by atoms with van der Waals surface area (Å²) in [6.45, 7) is 4.89. The Kier molecular flexibility index (Phi) is 4.53. The molecule has 1 saturated heterocycles. The minimum absolute atomic E-state index is 0.0735. The molecular formula is C19H24N4O2. The number of nitrogens with zero attached hydrogens (tertiary/aromatic N) is 4. The molecule has 0 N–H and O–H groups in total. The monoisotopic (exact) mass is 340 g/mol. The molecule has 25 heavy (non-hydrogen) atoms. The van der Waals surface area contributed by atoms with Gasteiger partial charge in [0.05, 0.1) is 6.54 Å². The van der Waals surface area contributed by atoms with Crippen molar-refractivity contribution in [2.24, 2.45) is 0 Å². The third kappa shape index (κ3) is 3.90. The van der Waals surface area contributed by atoms with E-state index >= 15 is 0 Å². The van der Waals surface area contributed by atoms with Crippen molar-refractivity contribution in [3.8, 4) is 0 Å². The third-order valence-corrected chi connectivity index (χ3v) is 5.06. The number of amides is 1. The third-order valence-electron chi connectivity index (χ3n) is 5.06. The Morgan fingerprint density at radius 3 is 2.80 bits per heavy atom. The lowest BCUT2D eigenvalue weighted by Crippen LogP contribution is -2.40. The summed E-state index contributed by atoms with van der Waals surface area (Å²) in [5, 5.41) is 4.06. The number of carbonyl (C=O) groups excluding carboxylic acids is 1. The smallest absolute Gasteiger partial charge is 0.229 e. The van der Waals surface area contributed by atoms with Crippen LogP contribution in [0.2, 0.25) is 0 Å². The van der Waals surface area contributed by atoms with E-state index in [-0.39, 0.29) is 11.9 Å². The Hall–Kier alpha value is -2.21. The van der Waals surface area contributed by atoms with E-state index < -0.39 is 0 Å². The van der Waals surface area contributed by atoms with Crippen molar-refractivity contribution >= 4 is 5.91 Å². The van der Waals surface area contributed by atoms with Crippen LogP contribution in [0.4, 0.5) is 0 Å². The summed E-state index contributed by atoms with van der Waals surface area (Å²) in [4.78, 5) is 20.9. The van der Waals surface area contributed by atoms with Crippen LogP contribution in [0.1, 0.15) is 49.4 Å². The van der Waals surface area contributed by atoms with Crippen molar-refractivity contribution in [3.05, 3.63) is 47.6 Å². The van der Waals surface area contributed by atoms with E-state index in [2.05, 4.69) is 39.3 Å². The van der Waals surface area contributed by atoms with Gasteiger partial charge in [0, 0.05) is 38.5 Å². The van der Waals surface area contributed by atoms with Crippen molar-refractivity contribution in [2.75, 3.05) is 13.1 Å². The first-order valence-electron chi connectivity index (χ1n) is 9.05. The molecule has 2 fully saturated rings. The maximum Gasteiger partial charge on any atom is 0.229 e. The first kappa shape index (κ1) is 16.3. The van der Waals surface area contributed by atoms with Crippen LogP contribution >= 0.6 is 0 Å². The lowest BCUT2D eigenvalue weighted by Gasteiger charge is -2.27. The van der Waals surface area contributed by atoms with Crippen molar-refractivity contribution in [3.63, 3.8) is 0 Å². The molecule has 2 heterocycles. The molecule has 6 heteroatoms. The van der Waals surface area contributed by atoms with E-state index in [1.807, 2.05) is 11.0 Å². The molecule has 1 atom stereocenters. The molecule has 1 aliphatic heterocycles. The molecule has 6 nitrogen and oxygen atoms in total. The SMILES string of the molecule is CC(=O)N(Cc1noc(C2CC2)n1)[C@@H]1CCN(Cc2ccccc2)C1. The summed E-state index contributed by atoms with van der Waals surface area (Å²) < 4.78 is 5.32. The normalized spacial score (nSPS) is 20.8. The van der Waals surface area contributed by atoms with E-state index in [1.54, 1.807) is 6.92 Å². The first-order valence-corrected chi connectivity index (χ1v) is 9.05. The maximum atomic E-state index is 12.2. The number of aromatic nitrogens is 2. The van der Waals surface area contributed by atoms with Crippen LogP contribution in [0.25, 0.3) is 0 Å². The molecule has 1 saturated carbocycles. The van der Waals surface area contributed by atoms with Gasteiger partial charge in [-0.1, -0.05) is 35.5 Å². The fraction of sp³-hybridized carbons (Fsp3) is 0.526. The van der Waals surface area contributed by atoms with E-state index in [4.69, 9.17) is 4.52 Å². The zero-order valence-corrected chi connectivity index (χ0v) is 14.6. The Morgan fingerprint density at radius 2 is 2.08 bits per heavy atom. The molecule has 2 aliphatic rings. The highest BCUT2D eigenvalue weighted by molar-refractivity contribution is 5.73. The molecule has 1 aromatic carbocycles. The van der Waals surface area contributed by atoms with Crippen molar-refractivity contribution in [2.45, 2.75) is 51.2 Å². The van der Waals surface area contributed by atoms with Crippen LogP contribution in [0.15, 0.2) is 34.9 Å². The van der Waals surface area contributed by atoms with Gasteiger partial charge in [-0.15, -0.1) is 0 Å². The van der Waals surface area contributed by atoms with Crippen LogP contribution in [-0.2, 0) is 17.9 Å². The van der Waals surface area contributed by atoms with Gasteiger partial charge in [-0.3, -0.25) is 9.69 Å². The van der Waals surface area contributed by atoms with E-state index in [9.17, 15) is 4.79 Å². The molecule has 1 aromatic heterocycles. The largest absolute Gasteiger partial charge is 0.339 e. The van der Waals surface area contributed by atoms with E-state index in [1.165, 1.54) is 5.56 Å². The summed E-state index contributed by atoms with van der Waals surface area (Å²) in [7, 11) is 0. The Bertz CT molecular complexity index is 726. The van der Waals surface area contributed by atoms with Crippen LogP contribution in [0.5, 0.6) is 0 Å². The Balaban J connectivity index is 1.38. The fourth-order valence-corrected chi connectivity index (χ4v) is 3.53. The molecule has 2 aromatic rings. The number of carbonyl (C=O) groups is 1. The highest BCUT2D eigenvalue weighted by Gasteiger charge is 2.32. The molecule has 4 rings (SSSR count). The highest BCUT2D eigenvalue weighted by atomic mass is 16.5. The van der Waals surface area contributed by atoms with E-state index in [0.29, 0.717) is 18.3 Å². The topological polar surface area (TPSA) is 62.5 Å². The van der Waals surface area contributed by atoms with Gasteiger partial charge in [-0.2, -0.15) is 4.98 Å². The Labute approximate surface area is 147 Å². The zero-order valence-electron chi connectivity index (χ0n) is 14.6. The van der Waals surface area contributed by atoms with Crippen LogP contribution in [0, 0.1) is 0 Å². The summed E-state index contributed by atoms with van der Waals surface area (Å²) in [6.07, 6.45) is 3.25. The number of hydrogen-bond acceptors (Lipinski definition) is 5. The summed E-state index contributed by atoms with van der Waals surface area (Å²) in [5.41, 5.74) is 1.31. The number of benzene rings is 1. The van der Waals surface area contributed by atoms with Gasteiger partial charge >= 0.3 is 0 Å². The minimum atomic E-state index is 0.0735. The second-order valence-corrected chi connectivity index (χ2v) is 7.13. The zero-order chi connectivity index (χ0) is 17.2. The molecular weight excluding hydrogens is 316 g/mol. The van der Waals surface area contributed by atoms with Crippen molar-refractivity contribution in [1.29, 1.82) is 0 Å². The predicted molar refractivity (Wildman–Crippen MR) is 92.6 cm³/mol. The second-order valence-electron chi connectivity index (χ2n) is 7.13. The molecule has 0 bridgehead atoms. The van der Waals surface area contributed by atoms with Crippen LogP contribution in [-0.4, -0.2) is 45.0 Å². The van der Waals surface area contributed by atoms with Gasteiger partial charge in [0.2, 0.25) is 11.8 Å². The number of rotatable bonds is 6. The lowest BCUT2D eigenvalue weighted by atomic mass is 10.2. The van der Waals surface area contributed by atoms with Crippen LogP contribution in [0.3, 0.4) is 0 Å². The van der Waals surface area contributed by atoms with Crippen molar-refractivity contribution in [1.82, 2.24) is 19.9 Å². The van der Waals surface area contributed by atoms with Crippen LogP contribution < -0.4 is 0 Å². The average Bonchev–Trinajstić information content (AvgIpc) is 3.18. The first-order chi connectivity index (χ1) is 12.2. The quantitative estimate of drug-likeness (QED) is 0.809. The van der Waals surface area contributed by atoms with Gasteiger partial charge in [-0.05, 0) is 24.8 Å². The van der Waals surface area contributed by atoms with Crippen molar-refractivity contribution < 1.29 is 9.32 Å². The number of likely N-dealkylation sites (tertiary alicyclic amines) is 1. The molecule has 1 aliphatic carbocycles. The molecule has 0 unspecified atom stereocenters. The minimum Gasteiger partial charge on any atom is -0.339 e. The van der Waals surface area contributed by atoms with Gasteiger partial charge in [0.25, 0.3) is 0 Å². The van der Waals surface area contributed by atoms with E-state index in [0.717, 1.165) is 44.8 Å². The highest BCUT2D eigenvalue weighted by Crippen LogP contribution is 2.38. The molecule has 0 radical (unpaired) electrons. The Morgan fingerprint density at radius 1 is 1.28 bits per heavy atom. The summed E-state index contributed by atoms with van der Waals surface area (Å²) in [6, 6.07) is 10.7. The van der Waals surface area contributed by atoms with Gasteiger partial charge in [-0.25, -0.2) is 0 Å². The molecule has 132 valence electrons. The standard InChI is InChI=1S/C19H24N4O2/c1-14(24)23(13-18-20-19(25-21-18)16-7-8-16)17-9-10-22(12-17)11-15-5-3-2-4-6-15/h2-6,16-17H,7-13H2,1H3/t17-/m1/s1. The average molecular weight is 340 g/mol. The fourth-order valence-electron chi connectivity index (χ4n) is 3.53. The van der Waals surface area contributed by atoms with Gasteiger partial charge in [0.1, 0.15) is 0 Å². The van der Waals surface area contributed by atoms with Gasteiger partial charge < -0.3 is 9.42 Å². The summed E-state index contributed by atoms with van der Waals surface area (Å²) >= 11 is 0. The maximum absolute atomic E-state index is 12.2. The molecule has 1 amide bonds. The lowest BCUT2D eigenvalue weighted by molar-refractivity contribution is -0.131.